The summed E-state index contributed by atoms with van der Waals surface area (Å²) < 4.78 is 0. The molecule has 0 bridgehead atoms. The summed E-state index contributed by atoms with van der Waals surface area (Å²) in [5.41, 5.74) is 6.23. The molecule has 0 aromatic heterocycles. The summed E-state index contributed by atoms with van der Waals surface area (Å²) in [6.45, 7) is 5.85. The van der Waals surface area contributed by atoms with Crippen molar-refractivity contribution in [3.8, 4) is 0 Å². The van der Waals surface area contributed by atoms with Crippen LogP contribution in [0.25, 0.3) is 0 Å². The minimum Gasteiger partial charge on any atom is -0.396 e. The molecule has 0 amide bonds. The lowest BCUT2D eigenvalue weighted by Crippen LogP contribution is -2.50. The van der Waals surface area contributed by atoms with Crippen LogP contribution in [0.3, 0.4) is 0 Å². The molecule has 1 heterocycles. The van der Waals surface area contributed by atoms with Gasteiger partial charge < -0.3 is 15.7 Å². The van der Waals surface area contributed by atoms with Crippen molar-refractivity contribution in [2.24, 2.45) is 5.73 Å². The number of nitrogens with zero attached hydrogens (tertiary/aromatic N) is 1. The highest BCUT2D eigenvalue weighted by Crippen LogP contribution is 2.23. The number of hydrogen-bond acceptors (Lipinski definition) is 3. The van der Waals surface area contributed by atoms with E-state index in [4.69, 9.17) is 10.8 Å². The normalized spacial score (nSPS) is 23.3. The zero-order chi connectivity index (χ0) is 9.73. The average molecular weight is 186 g/mol. The molecule has 0 saturated carbocycles. The molecule has 0 unspecified atom stereocenters. The van der Waals surface area contributed by atoms with E-state index in [9.17, 15) is 0 Å². The maximum absolute atomic E-state index is 8.74. The summed E-state index contributed by atoms with van der Waals surface area (Å²) in [5, 5.41) is 8.74. The molecular formula is C10H22N2O. The van der Waals surface area contributed by atoms with Crippen LogP contribution in [0, 0.1) is 0 Å². The largest absolute Gasteiger partial charge is 0.396 e. The van der Waals surface area contributed by atoms with Crippen LogP contribution in [0.4, 0.5) is 0 Å². The molecule has 13 heavy (non-hydrogen) atoms. The lowest BCUT2D eigenvalue weighted by atomic mass is 9.84. The number of aliphatic hydroxyl groups excluding tert-OH is 1. The third-order valence-electron chi connectivity index (χ3n) is 3.13. The summed E-state index contributed by atoms with van der Waals surface area (Å²) >= 11 is 0. The van der Waals surface area contributed by atoms with Gasteiger partial charge in [0.05, 0.1) is 0 Å². The molecule has 0 aliphatic carbocycles. The Labute approximate surface area is 80.9 Å². The minimum atomic E-state index is 0.00833. The Balaban J connectivity index is 2.28. The zero-order valence-electron chi connectivity index (χ0n) is 8.63. The molecule has 1 aliphatic rings. The maximum atomic E-state index is 8.74. The molecule has 0 spiro atoms. The van der Waals surface area contributed by atoms with Crippen molar-refractivity contribution in [2.45, 2.75) is 38.1 Å². The third kappa shape index (κ3) is 3.25. The van der Waals surface area contributed by atoms with Crippen molar-refractivity contribution < 1.29 is 5.11 Å². The Hall–Kier alpha value is -0.120. The number of hydrogen-bond donors (Lipinski definition) is 2. The Kier molecular flexibility index (Phi) is 4.16. The Morgan fingerprint density at radius 1 is 1.38 bits per heavy atom. The van der Waals surface area contributed by atoms with Crippen molar-refractivity contribution in [3.63, 3.8) is 0 Å². The molecule has 3 nitrogen and oxygen atoms in total. The van der Waals surface area contributed by atoms with E-state index in [1.54, 1.807) is 0 Å². The highest BCUT2D eigenvalue weighted by molar-refractivity contribution is 4.89. The van der Waals surface area contributed by atoms with Gasteiger partial charge in [-0.05, 0) is 45.3 Å². The first-order chi connectivity index (χ1) is 6.20. The van der Waals surface area contributed by atoms with Crippen molar-refractivity contribution in [1.82, 2.24) is 4.90 Å². The van der Waals surface area contributed by atoms with Crippen molar-refractivity contribution >= 4 is 0 Å². The molecule has 78 valence electrons. The fourth-order valence-corrected chi connectivity index (χ4v) is 2.00. The fraction of sp³-hybridized carbons (Fsp3) is 1.00. The molecule has 1 saturated heterocycles. The molecule has 3 N–H and O–H groups in total. The standard InChI is InChI=1S/C10H22N2O/c1-2-12-7-5-10(11,6-8-12)4-3-9-13/h13H,2-9,11H2,1H3. The van der Waals surface area contributed by atoms with Crippen molar-refractivity contribution in [3.05, 3.63) is 0 Å². The number of likely N-dealkylation sites (tertiary alicyclic amines) is 1. The highest BCUT2D eigenvalue weighted by atomic mass is 16.2. The lowest BCUT2D eigenvalue weighted by Gasteiger charge is -2.38. The quantitative estimate of drug-likeness (QED) is 0.675. The number of aliphatic hydroxyl groups is 1. The number of rotatable bonds is 4. The average Bonchev–Trinajstić information content (AvgIpc) is 2.16. The van der Waals surface area contributed by atoms with Gasteiger partial charge in [0.2, 0.25) is 0 Å². The molecule has 0 aromatic rings. The first kappa shape index (κ1) is 11.0. The highest BCUT2D eigenvalue weighted by Gasteiger charge is 2.29. The maximum Gasteiger partial charge on any atom is 0.0431 e. The molecule has 3 heteroatoms. The number of piperidine rings is 1. The molecule has 1 rings (SSSR count). The van der Waals surface area contributed by atoms with E-state index in [2.05, 4.69) is 11.8 Å². The molecule has 0 radical (unpaired) electrons. The molecule has 0 aromatic carbocycles. The monoisotopic (exact) mass is 186 g/mol. The predicted octanol–water partition coefficient (Wildman–Crippen LogP) is 0.572. The Morgan fingerprint density at radius 2 is 2.00 bits per heavy atom. The Bertz CT molecular complexity index is 142. The minimum absolute atomic E-state index is 0.00833. The van der Waals surface area contributed by atoms with Crippen molar-refractivity contribution in [1.29, 1.82) is 0 Å². The number of nitrogens with two attached hydrogens (primary N) is 1. The smallest absolute Gasteiger partial charge is 0.0431 e. The van der Waals surface area contributed by atoms with Gasteiger partial charge in [0, 0.05) is 12.1 Å². The molecule has 1 aliphatic heterocycles. The van der Waals surface area contributed by atoms with Crippen LogP contribution < -0.4 is 5.73 Å². The summed E-state index contributed by atoms with van der Waals surface area (Å²) in [4.78, 5) is 2.43. The van der Waals surface area contributed by atoms with E-state index in [0.29, 0.717) is 0 Å². The van der Waals surface area contributed by atoms with Crippen LogP contribution in [0.15, 0.2) is 0 Å². The summed E-state index contributed by atoms with van der Waals surface area (Å²) in [6.07, 6.45) is 3.99. The van der Waals surface area contributed by atoms with Crippen LogP contribution >= 0.6 is 0 Å². The van der Waals surface area contributed by atoms with Crippen LogP contribution in [-0.4, -0.2) is 41.8 Å². The molecule has 1 fully saturated rings. The first-order valence-electron chi connectivity index (χ1n) is 5.32. The van der Waals surface area contributed by atoms with E-state index >= 15 is 0 Å². The third-order valence-corrected chi connectivity index (χ3v) is 3.13. The van der Waals surface area contributed by atoms with Crippen LogP contribution in [0.2, 0.25) is 0 Å². The van der Waals surface area contributed by atoms with E-state index < -0.39 is 0 Å². The van der Waals surface area contributed by atoms with Gasteiger partial charge in [0.15, 0.2) is 0 Å². The van der Waals surface area contributed by atoms with E-state index in [1.807, 2.05) is 0 Å². The first-order valence-corrected chi connectivity index (χ1v) is 5.32. The summed E-state index contributed by atoms with van der Waals surface area (Å²) in [5.74, 6) is 0. The SMILES string of the molecule is CCN1CCC(N)(CCCO)CC1. The van der Waals surface area contributed by atoms with Gasteiger partial charge in [0.25, 0.3) is 0 Å². The van der Waals surface area contributed by atoms with E-state index in [0.717, 1.165) is 45.3 Å². The Morgan fingerprint density at radius 3 is 2.46 bits per heavy atom. The topological polar surface area (TPSA) is 49.5 Å². The van der Waals surface area contributed by atoms with Gasteiger partial charge in [-0.1, -0.05) is 6.92 Å². The van der Waals surface area contributed by atoms with Gasteiger partial charge >= 0.3 is 0 Å². The van der Waals surface area contributed by atoms with Gasteiger partial charge in [-0.3, -0.25) is 0 Å². The second-order valence-corrected chi connectivity index (χ2v) is 4.12. The molecule has 0 atom stereocenters. The molecular weight excluding hydrogens is 164 g/mol. The second-order valence-electron chi connectivity index (χ2n) is 4.12. The van der Waals surface area contributed by atoms with Gasteiger partial charge in [-0.25, -0.2) is 0 Å². The fourth-order valence-electron chi connectivity index (χ4n) is 2.00. The van der Waals surface area contributed by atoms with Gasteiger partial charge in [-0.15, -0.1) is 0 Å². The predicted molar refractivity (Wildman–Crippen MR) is 54.6 cm³/mol. The summed E-state index contributed by atoms with van der Waals surface area (Å²) in [6, 6.07) is 0. The van der Waals surface area contributed by atoms with Crippen LogP contribution in [-0.2, 0) is 0 Å². The second kappa shape index (κ2) is 4.94. The van der Waals surface area contributed by atoms with E-state index in [-0.39, 0.29) is 12.1 Å². The summed E-state index contributed by atoms with van der Waals surface area (Å²) in [7, 11) is 0. The zero-order valence-corrected chi connectivity index (χ0v) is 8.63. The van der Waals surface area contributed by atoms with Gasteiger partial charge in [-0.2, -0.15) is 0 Å². The van der Waals surface area contributed by atoms with Crippen LogP contribution in [0.1, 0.15) is 32.6 Å². The van der Waals surface area contributed by atoms with Crippen LogP contribution in [0.5, 0.6) is 0 Å². The van der Waals surface area contributed by atoms with E-state index in [1.165, 1.54) is 0 Å². The lowest BCUT2D eigenvalue weighted by molar-refractivity contribution is 0.152. The van der Waals surface area contributed by atoms with Crippen molar-refractivity contribution in [2.75, 3.05) is 26.2 Å². The van der Waals surface area contributed by atoms with Gasteiger partial charge in [0.1, 0.15) is 0 Å².